The van der Waals surface area contributed by atoms with Gasteiger partial charge in [-0.25, -0.2) is 0 Å². The van der Waals surface area contributed by atoms with Crippen molar-refractivity contribution < 1.29 is 19.4 Å². The molecule has 1 unspecified atom stereocenters. The number of H-pyrrole nitrogens is 1. The molecule has 8 heteroatoms. The van der Waals surface area contributed by atoms with Gasteiger partial charge in [-0.1, -0.05) is 6.07 Å². The third-order valence-corrected chi connectivity index (χ3v) is 6.15. The average Bonchev–Trinajstić information content (AvgIpc) is 3.45. The van der Waals surface area contributed by atoms with Crippen LogP contribution < -0.4 is 5.32 Å². The quantitative estimate of drug-likeness (QED) is 0.549. The molecule has 2 aliphatic heterocycles. The Hall–Kier alpha value is -2.94. The number of morpholine rings is 1. The summed E-state index contributed by atoms with van der Waals surface area (Å²) in [5.41, 5.74) is 3.68. The number of fused-ring (bicyclic) bond motifs is 1. The Bertz CT molecular complexity index is 1080. The molecule has 1 amide bonds. The zero-order valence-electron chi connectivity index (χ0n) is 18.0. The van der Waals surface area contributed by atoms with Gasteiger partial charge in [0, 0.05) is 55.4 Å². The number of rotatable bonds is 6. The Labute approximate surface area is 186 Å². The van der Waals surface area contributed by atoms with Gasteiger partial charge in [0.1, 0.15) is 0 Å². The van der Waals surface area contributed by atoms with Crippen molar-refractivity contribution in [3.8, 4) is 17.1 Å². The first kappa shape index (κ1) is 20.9. The summed E-state index contributed by atoms with van der Waals surface area (Å²) in [6.07, 6.45) is 3.95. The van der Waals surface area contributed by atoms with Gasteiger partial charge in [0.2, 0.25) is 0 Å². The summed E-state index contributed by atoms with van der Waals surface area (Å²) in [6, 6.07) is 9.32. The molecular weight excluding hydrogens is 408 g/mol. The zero-order valence-corrected chi connectivity index (χ0v) is 18.0. The predicted molar refractivity (Wildman–Crippen MR) is 121 cm³/mol. The summed E-state index contributed by atoms with van der Waals surface area (Å²) in [5, 5.41) is 14.3. The van der Waals surface area contributed by atoms with E-state index in [4.69, 9.17) is 9.47 Å². The summed E-state index contributed by atoms with van der Waals surface area (Å²) in [4.78, 5) is 22.6. The van der Waals surface area contributed by atoms with Crippen molar-refractivity contribution in [2.45, 2.75) is 25.5 Å². The summed E-state index contributed by atoms with van der Waals surface area (Å²) < 4.78 is 11.0. The predicted octanol–water partition coefficient (Wildman–Crippen LogP) is 2.68. The maximum absolute atomic E-state index is 12.7. The topological polar surface area (TPSA) is 99.7 Å². The van der Waals surface area contributed by atoms with Gasteiger partial charge in [0.15, 0.2) is 5.88 Å². The molecule has 0 bridgehead atoms. The van der Waals surface area contributed by atoms with E-state index in [1.165, 1.54) is 0 Å². The largest absolute Gasteiger partial charge is 0.494 e. The second-order valence-corrected chi connectivity index (χ2v) is 8.39. The number of nitrogens with zero attached hydrogens (tertiary/aromatic N) is 2. The van der Waals surface area contributed by atoms with Gasteiger partial charge in [-0.15, -0.1) is 0 Å². The van der Waals surface area contributed by atoms with Crippen molar-refractivity contribution in [1.29, 1.82) is 0 Å². The maximum atomic E-state index is 12.7. The van der Waals surface area contributed by atoms with Crippen molar-refractivity contribution in [3.05, 3.63) is 47.7 Å². The second-order valence-electron chi connectivity index (χ2n) is 8.39. The molecule has 5 rings (SSSR count). The monoisotopic (exact) mass is 436 g/mol. The standard InChI is InChI=1S/C24H28N4O4/c29-23(26-14-18-2-1-9-32-18)17-4-6-20-19(12-17)22(24(30)27-20)21-5-3-16(13-25-21)15-28-7-10-31-11-8-28/h3-6,12-13,18,27,30H,1-2,7-11,14-15H2,(H,26,29). The molecule has 0 radical (unpaired) electrons. The maximum Gasteiger partial charge on any atom is 0.251 e. The Morgan fingerprint density at radius 2 is 2.09 bits per heavy atom. The highest BCUT2D eigenvalue weighted by atomic mass is 16.5. The number of ether oxygens (including phenoxy) is 2. The lowest BCUT2D eigenvalue weighted by Gasteiger charge is -2.26. The van der Waals surface area contributed by atoms with Gasteiger partial charge >= 0.3 is 0 Å². The molecule has 1 atom stereocenters. The highest BCUT2D eigenvalue weighted by molar-refractivity contribution is 6.03. The summed E-state index contributed by atoms with van der Waals surface area (Å²) in [5.74, 6) is -0.104. The van der Waals surface area contributed by atoms with Gasteiger partial charge in [0.05, 0.1) is 30.6 Å². The molecule has 8 nitrogen and oxygen atoms in total. The third-order valence-electron chi connectivity index (χ3n) is 6.15. The van der Waals surface area contributed by atoms with Crippen molar-refractivity contribution in [2.75, 3.05) is 39.5 Å². The number of carbonyl (C=O) groups is 1. The van der Waals surface area contributed by atoms with E-state index in [1.54, 1.807) is 12.1 Å². The van der Waals surface area contributed by atoms with Crippen molar-refractivity contribution in [3.63, 3.8) is 0 Å². The molecule has 168 valence electrons. The van der Waals surface area contributed by atoms with Crippen LogP contribution in [0.5, 0.6) is 5.88 Å². The normalized spacial score (nSPS) is 19.4. The average molecular weight is 437 g/mol. The van der Waals surface area contributed by atoms with E-state index in [1.807, 2.05) is 24.4 Å². The third kappa shape index (κ3) is 4.48. The van der Waals surface area contributed by atoms with Crippen LogP contribution in [0.25, 0.3) is 22.2 Å². The van der Waals surface area contributed by atoms with Crippen LogP contribution in [0, 0.1) is 0 Å². The van der Waals surface area contributed by atoms with Gasteiger partial charge < -0.3 is 24.9 Å². The van der Waals surface area contributed by atoms with E-state index in [0.717, 1.165) is 68.8 Å². The molecule has 3 N–H and O–H groups in total. The van der Waals surface area contributed by atoms with E-state index in [2.05, 4.69) is 20.2 Å². The lowest BCUT2D eigenvalue weighted by molar-refractivity contribution is 0.0341. The van der Waals surface area contributed by atoms with Gasteiger partial charge in [0.25, 0.3) is 5.91 Å². The van der Waals surface area contributed by atoms with E-state index in [0.29, 0.717) is 23.4 Å². The first-order valence-electron chi connectivity index (χ1n) is 11.2. The van der Waals surface area contributed by atoms with Crippen LogP contribution in [0.3, 0.4) is 0 Å². The van der Waals surface area contributed by atoms with Crippen molar-refractivity contribution in [2.24, 2.45) is 0 Å². The van der Waals surface area contributed by atoms with Crippen LogP contribution in [-0.2, 0) is 16.0 Å². The van der Waals surface area contributed by atoms with Crippen LogP contribution in [0.2, 0.25) is 0 Å². The Kier molecular flexibility index (Phi) is 6.07. The van der Waals surface area contributed by atoms with Crippen LogP contribution in [0.4, 0.5) is 0 Å². The minimum absolute atomic E-state index is 0.0466. The van der Waals surface area contributed by atoms with Crippen LogP contribution in [0.1, 0.15) is 28.8 Å². The van der Waals surface area contributed by atoms with E-state index < -0.39 is 0 Å². The summed E-state index contributed by atoms with van der Waals surface area (Å²) in [7, 11) is 0. The number of nitrogens with one attached hydrogen (secondary N) is 2. The summed E-state index contributed by atoms with van der Waals surface area (Å²) >= 11 is 0. The number of carbonyl (C=O) groups excluding carboxylic acids is 1. The SMILES string of the molecule is O=C(NCC1CCCO1)c1ccc2[nH]c(O)c(-c3ccc(CN4CCOCC4)cn3)c2c1. The molecule has 32 heavy (non-hydrogen) atoms. The number of aromatic amines is 1. The lowest BCUT2D eigenvalue weighted by atomic mass is 10.1. The van der Waals surface area contributed by atoms with Gasteiger partial charge in [-0.05, 0) is 42.7 Å². The number of aromatic nitrogens is 2. The molecule has 0 aliphatic carbocycles. The Morgan fingerprint density at radius 1 is 1.22 bits per heavy atom. The molecule has 0 spiro atoms. The number of benzene rings is 1. The highest BCUT2D eigenvalue weighted by Crippen LogP contribution is 2.36. The Morgan fingerprint density at radius 3 is 2.84 bits per heavy atom. The molecule has 1 aromatic carbocycles. The lowest BCUT2D eigenvalue weighted by Crippen LogP contribution is -2.35. The van der Waals surface area contributed by atoms with Crippen molar-refractivity contribution in [1.82, 2.24) is 20.2 Å². The fraction of sp³-hybridized carbons (Fsp3) is 0.417. The molecule has 4 heterocycles. The first-order chi connectivity index (χ1) is 15.7. The van der Waals surface area contributed by atoms with Crippen LogP contribution in [0.15, 0.2) is 36.5 Å². The number of aromatic hydroxyl groups is 1. The van der Waals surface area contributed by atoms with Gasteiger partial charge in [-0.2, -0.15) is 0 Å². The van der Waals surface area contributed by atoms with E-state index in [-0.39, 0.29) is 17.9 Å². The number of hydrogen-bond donors (Lipinski definition) is 3. The molecule has 2 aromatic heterocycles. The summed E-state index contributed by atoms with van der Waals surface area (Å²) in [6.45, 7) is 5.46. The van der Waals surface area contributed by atoms with Crippen LogP contribution >= 0.6 is 0 Å². The Balaban J connectivity index is 1.35. The molecule has 2 fully saturated rings. The molecule has 2 saturated heterocycles. The first-order valence-corrected chi connectivity index (χ1v) is 11.2. The van der Waals surface area contributed by atoms with Crippen molar-refractivity contribution >= 4 is 16.8 Å². The van der Waals surface area contributed by atoms with E-state index in [9.17, 15) is 9.90 Å². The van der Waals surface area contributed by atoms with Crippen LogP contribution in [-0.4, -0.2) is 71.4 Å². The molecule has 2 aliphatic rings. The van der Waals surface area contributed by atoms with E-state index >= 15 is 0 Å². The molecule has 0 saturated carbocycles. The minimum atomic E-state index is -0.150. The number of pyridine rings is 1. The zero-order chi connectivity index (χ0) is 21.9. The fourth-order valence-corrected chi connectivity index (χ4v) is 4.38. The highest BCUT2D eigenvalue weighted by Gasteiger charge is 2.19. The molecule has 3 aromatic rings. The molecular formula is C24H28N4O4. The van der Waals surface area contributed by atoms with Gasteiger partial charge in [-0.3, -0.25) is 14.7 Å². The minimum Gasteiger partial charge on any atom is -0.494 e. The second kappa shape index (κ2) is 9.28. The number of hydrogen-bond acceptors (Lipinski definition) is 6. The smallest absolute Gasteiger partial charge is 0.251 e. The number of amides is 1. The fourth-order valence-electron chi connectivity index (χ4n) is 4.38.